The lowest BCUT2D eigenvalue weighted by Crippen LogP contribution is -2.46. The van der Waals surface area contributed by atoms with Gasteiger partial charge in [0.2, 0.25) is 5.82 Å². The Morgan fingerprint density at radius 1 is 1.17 bits per heavy atom. The van der Waals surface area contributed by atoms with Gasteiger partial charge in [0.15, 0.2) is 0 Å². The minimum Gasteiger partial charge on any atom is -0.379 e. The molecule has 0 radical (unpaired) electrons. The summed E-state index contributed by atoms with van der Waals surface area (Å²) in [5.41, 5.74) is 4.25. The number of aromatic amines is 2. The Bertz CT molecular complexity index is 1180. The first kappa shape index (κ1) is 18.7. The zero-order valence-corrected chi connectivity index (χ0v) is 16.7. The maximum Gasteiger partial charge on any atom is 0.289 e. The number of benzene rings is 1. The maximum atomic E-state index is 12.7. The molecular formula is C21H23N7O2. The summed E-state index contributed by atoms with van der Waals surface area (Å²) in [6.45, 7) is 6.04. The third kappa shape index (κ3) is 3.64. The number of H-pyrrole nitrogens is 2. The van der Waals surface area contributed by atoms with Gasteiger partial charge in [-0.15, -0.1) is 0 Å². The number of carbonyl (C=O) groups excluding carboxylic acids is 1. The van der Waals surface area contributed by atoms with E-state index in [2.05, 4.69) is 35.4 Å². The third-order valence-electron chi connectivity index (χ3n) is 5.34. The molecule has 0 saturated carbocycles. The molecule has 4 aromatic rings. The molecule has 4 heterocycles. The lowest BCUT2D eigenvalue weighted by molar-refractivity contribution is 0.0342. The number of aromatic nitrogens is 5. The van der Waals surface area contributed by atoms with Gasteiger partial charge in [0.1, 0.15) is 0 Å². The van der Waals surface area contributed by atoms with Crippen LogP contribution in [0.1, 0.15) is 17.5 Å². The summed E-state index contributed by atoms with van der Waals surface area (Å²) in [6.07, 6.45) is 3.51. The van der Waals surface area contributed by atoms with Crippen LogP contribution in [0.5, 0.6) is 0 Å². The van der Waals surface area contributed by atoms with Crippen LogP contribution in [0.15, 0.2) is 36.7 Å². The minimum atomic E-state index is -0.253. The second-order valence-electron chi connectivity index (χ2n) is 7.58. The standard InChI is InChI=1S/C21H23N7O2/c1-13(12-28-6-8-30-9-7-28)23-21(29)20-24-17-10-15-16(11-18(17)25-20)26-27-19(15)14-2-4-22-5-3-14/h2-5,10-11,13,26-27H,6-9,12H2,1H3,(H,23,29). The molecule has 3 N–H and O–H groups in total. The molecular weight excluding hydrogens is 382 g/mol. The number of pyridine rings is 1. The summed E-state index contributed by atoms with van der Waals surface area (Å²) in [7, 11) is 0. The quantitative estimate of drug-likeness (QED) is 0.468. The number of imidazole rings is 1. The van der Waals surface area contributed by atoms with Crippen molar-refractivity contribution in [3.8, 4) is 11.3 Å². The molecule has 1 aliphatic rings. The number of fused-ring (bicyclic) bond motifs is 2. The van der Waals surface area contributed by atoms with Crippen LogP contribution in [-0.4, -0.2) is 74.8 Å². The Balaban J connectivity index is 1.37. The van der Waals surface area contributed by atoms with Crippen LogP contribution in [0, 0.1) is 0 Å². The van der Waals surface area contributed by atoms with Gasteiger partial charge in [0.05, 0.1) is 35.5 Å². The summed E-state index contributed by atoms with van der Waals surface area (Å²) < 4.78 is 5.37. The van der Waals surface area contributed by atoms with Crippen molar-refractivity contribution in [3.05, 3.63) is 42.5 Å². The van der Waals surface area contributed by atoms with Crippen LogP contribution in [-0.2, 0) is 4.74 Å². The van der Waals surface area contributed by atoms with Crippen LogP contribution >= 0.6 is 0 Å². The van der Waals surface area contributed by atoms with E-state index in [4.69, 9.17) is 4.74 Å². The molecule has 3 aromatic heterocycles. The van der Waals surface area contributed by atoms with Crippen molar-refractivity contribution in [3.63, 3.8) is 0 Å². The van der Waals surface area contributed by atoms with Crippen molar-refractivity contribution in [2.45, 2.75) is 13.0 Å². The normalized spacial score (nSPS) is 16.2. The van der Waals surface area contributed by atoms with Gasteiger partial charge in [-0.1, -0.05) is 0 Å². The smallest absolute Gasteiger partial charge is 0.289 e. The molecule has 30 heavy (non-hydrogen) atoms. The van der Waals surface area contributed by atoms with Crippen molar-refractivity contribution in [2.75, 3.05) is 32.8 Å². The van der Waals surface area contributed by atoms with E-state index in [1.54, 1.807) is 12.4 Å². The number of amides is 1. The molecule has 1 aromatic carbocycles. The van der Waals surface area contributed by atoms with Crippen LogP contribution in [0.3, 0.4) is 0 Å². The van der Waals surface area contributed by atoms with Crippen LogP contribution in [0.25, 0.3) is 33.2 Å². The average molecular weight is 405 g/mol. The van der Waals surface area contributed by atoms with E-state index in [0.29, 0.717) is 11.0 Å². The second kappa shape index (κ2) is 7.85. The Morgan fingerprint density at radius 2 is 1.90 bits per heavy atom. The molecule has 0 spiro atoms. The van der Waals surface area contributed by atoms with E-state index in [-0.39, 0.29) is 17.8 Å². The summed E-state index contributed by atoms with van der Waals surface area (Å²) in [4.78, 5) is 28.0. The second-order valence-corrected chi connectivity index (χ2v) is 7.58. The van der Waals surface area contributed by atoms with Crippen molar-refractivity contribution in [1.82, 2.24) is 35.4 Å². The van der Waals surface area contributed by atoms with E-state index in [1.165, 1.54) is 0 Å². The topological polar surface area (TPSA) is 112 Å². The summed E-state index contributed by atoms with van der Waals surface area (Å²) in [6, 6.07) is 7.74. The van der Waals surface area contributed by atoms with Crippen molar-refractivity contribution in [1.29, 1.82) is 0 Å². The summed E-state index contributed by atoms with van der Waals surface area (Å²) in [5, 5.41) is 10.4. The van der Waals surface area contributed by atoms with Crippen LogP contribution < -0.4 is 5.32 Å². The van der Waals surface area contributed by atoms with Gasteiger partial charge in [-0.2, -0.15) is 0 Å². The van der Waals surface area contributed by atoms with Gasteiger partial charge >= 0.3 is 0 Å². The molecule has 1 amide bonds. The number of morpholine rings is 1. The fraction of sp³-hybridized carbons (Fsp3) is 0.333. The van der Waals surface area contributed by atoms with Gasteiger partial charge in [-0.05, 0) is 31.2 Å². The molecule has 0 aliphatic carbocycles. The number of hydrogen-bond donors (Lipinski definition) is 3. The number of hydrogen-bond acceptors (Lipinski definition) is 6. The first-order valence-electron chi connectivity index (χ1n) is 10.1. The molecule has 154 valence electrons. The Hall–Kier alpha value is -3.30. The molecule has 5 rings (SSSR count). The highest BCUT2D eigenvalue weighted by molar-refractivity contribution is 6.02. The number of ether oxygens (including phenoxy) is 1. The monoisotopic (exact) mass is 405 g/mol. The van der Waals surface area contributed by atoms with E-state index < -0.39 is 0 Å². The van der Waals surface area contributed by atoms with Crippen molar-refractivity contribution < 1.29 is 9.53 Å². The van der Waals surface area contributed by atoms with Crippen LogP contribution in [0.2, 0.25) is 0 Å². The number of nitrogens with one attached hydrogen (secondary N) is 3. The van der Waals surface area contributed by atoms with Gasteiger partial charge in [0, 0.05) is 49.0 Å². The molecule has 1 atom stereocenters. The SMILES string of the molecule is CC(CN1CCOCC1)NC(=O)c1nc2cc3[nH][nH]c(-c4ccncc4)c3cc2n1. The first-order valence-corrected chi connectivity index (χ1v) is 10.1. The first-order chi connectivity index (χ1) is 14.7. The van der Waals surface area contributed by atoms with Gasteiger partial charge < -0.3 is 15.2 Å². The maximum absolute atomic E-state index is 12.7. The predicted octanol–water partition coefficient (Wildman–Crippen LogP) is 1.95. The Labute approximate surface area is 172 Å². The predicted molar refractivity (Wildman–Crippen MR) is 113 cm³/mol. The molecule has 9 heteroatoms. The highest BCUT2D eigenvalue weighted by atomic mass is 16.5. The van der Waals surface area contributed by atoms with Gasteiger partial charge in [0.25, 0.3) is 5.91 Å². The lowest BCUT2D eigenvalue weighted by atomic mass is 10.1. The zero-order valence-electron chi connectivity index (χ0n) is 16.7. The molecule has 9 nitrogen and oxygen atoms in total. The fourth-order valence-corrected chi connectivity index (χ4v) is 3.87. The van der Waals surface area contributed by atoms with Crippen molar-refractivity contribution in [2.24, 2.45) is 0 Å². The number of rotatable bonds is 5. The number of nitrogens with zero attached hydrogens (tertiary/aromatic N) is 4. The molecule has 1 saturated heterocycles. The van der Waals surface area contributed by atoms with Gasteiger partial charge in [-0.25, -0.2) is 9.97 Å². The largest absolute Gasteiger partial charge is 0.379 e. The van der Waals surface area contributed by atoms with E-state index in [9.17, 15) is 4.79 Å². The molecule has 1 fully saturated rings. The van der Waals surface area contributed by atoms with E-state index in [0.717, 1.165) is 55.0 Å². The average Bonchev–Trinajstić information content (AvgIpc) is 3.36. The fourth-order valence-electron chi connectivity index (χ4n) is 3.87. The molecule has 1 unspecified atom stereocenters. The molecule has 1 aliphatic heterocycles. The summed E-state index contributed by atoms with van der Waals surface area (Å²) >= 11 is 0. The Kier molecular flexibility index (Phi) is 4.89. The summed E-state index contributed by atoms with van der Waals surface area (Å²) in [5.74, 6) is -0.0579. The van der Waals surface area contributed by atoms with Gasteiger partial charge in [-0.3, -0.25) is 19.8 Å². The highest BCUT2D eigenvalue weighted by Gasteiger charge is 2.19. The van der Waals surface area contributed by atoms with Crippen molar-refractivity contribution >= 4 is 27.8 Å². The number of carbonyl (C=O) groups is 1. The minimum absolute atomic E-state index is 0.000268. The lowest BCUT2D eigenvalue weighted by Gasteiger charge is -2.29. The molecule has 0 bridgehead atoms. The van der Waals surface area contributed by atoms with Crippen LogP contribution in [0.4, 0.5) is 0 Å². The zero-order chi connectivity index (χ0) is 20.5. The third-order valence-corrected chi connectivity index (χ3v) is 5.34. The van der Waals surface area contributed by atoms with E-state index in [1.807, 2.05) is 31.2 Å². The van der Waals surface area contributed by atoms with E-state index >= 15 is 0 Å². The highest BCUT2D eigenvalue weighted by Crippen LogP contribution is 2.28. The Morgan fingerprint density at radius 3 is 2.67 bits per heavy atom.